The van der Waals surface area contributed by atoms with E-state index >= 15 is 0 Å². The molecule has 118 valence electrons. The summed E-state index contributed by atoms with van der Waals surface area (Å²) < 4.78 is 5.11. The minimum absolute atomic E-state index is 0.153. The summed E-state index contributed by atoms with van der Waals surface area (Å²) in [7, 11) is 3.80. The van der Waals surface area contributed by atoms with Crippen molar-refractivity contribution < 1.29 is 9.53 Å². The van der Waals surface area contributed by atoms with Crippen molar-refractivity contribution in [3.63, 3.8) is 0 Å². The average Bonchev–Trinajstić information content (AvgIpc) is 3.02. The third-order valence-electron chi connectivity index (χ3n) is 3.94. The number of amides is 1. The highest BCUT2D eigenvalue weighted by atomic mass is 32.1. The number of likely N-dealkylation sites (tertiary alicyclic amines) is 1. The lowest BCUT2D eigenvalue weighted by molar-refractivity contribution is 0.0702. The first-order valence-electron chi connectivity index (χ1n) is 7.45. The fraction of sp³-hybridized carbons (Fsp3) is 0.733. The number of ether oxygens (including phenoxy) is 1. The zero-order chi connectivity index (χ0) is 15.4. The van der Waals surface area contributed by atoms with Gasteiger partial charge in [-0.15, -0.1) is 11.3 Å². The second kappa shape index (κ2) is 7.33. The zero-order valence-electron chi connectivity index (χ0n) is 13.4. The number of methoxy groups -OCH3 is 1. The van der Waals surface area contributed by atoms with Crippen LogP contribution in [-0.2, 0) is 4.74 Å². The molecule has 0 bridgehead atoms. The molecule has 2 heterocycles. The molecule has 1 amide bonds. The van der Waals surface area contributed by atoms with E-state index in [2.05, 4.69) is 16.9 Å². The Kier molecular flexibility index (Phi) is 5.72. The molecule has 2 rings (SSSR count). The minimum Gasteiger partial charge on any atom is -0.383 e. The van der Waals surface area contributed by atoms with Crippen LogP contribution in [0.1, 0.15) is 33.2 Å². The van der Waals surface area contributed by atoms with E-state index in [1.165, 1.54) is 11.3 Å². The molecule has 0 aromatic carbocycles. The number of hydrogen-bond donors (Lipinski definition) is 0. The molecule has 1 aliphatic rings. The van der Waals surface area contributed by atoms with Crippen LogP contribution in [0.5, 0.6) is 0 Å². The smallest absolute Gasteiger partial charge is 0.266 e. The van der Waals surface area contributed by atoms with E-state index in [0.717, 1.165) is 54.7 Å². The summed E-state index contributed by atoms with van der Waals surface area (Å²) in [5, 5.41) is 0.962. The van der Waals surface area contributed by atoms with Gasteiger partial charge in [0.05, 0.1) is 17.3 Å². The van der Waals surface area contributed by atoms with Crippen LogP contribution in [0.25, 0.3) is 0 Å². The number of aromatic nitrogens is 1. The van der Waals surface area contributed by atoms with E-state index in [-0.39, 0.29) is 5.91 Å². The number of thiazole rings is 1. The van der Waals surface area contributed by atoms with E-state index in [0.29, 0.717) is 6.04 Å². The van der Waals surface area contributed by atoms with Gasteiger partial charge in [0.1, 0.15) is 4.88 Å². The summed E-state index contributed by atoms with van der Waals surface area (Å²) in [6, 6.07) is 0.307. The molecule has 5 nitrogen and oxygen atoms in total. The van der Waals surface area contributed by atoms with Crippen molar-refractivity contribution in [1.29, 1.82) is 0 Å². The SMILES string of the molecule is COCCN(C)CC1CCCN1C(=O)c1sc(C)nc1C. The van der Waals surface area contributed by atoms with Crippen LogP contribution < -0.4 is 0 Å². The van der Waals surface area contributed by atoms with Crippen LogP contribution in [-0.4, -0.2) is 67.1 Å². The first-order valence-corrected chi connectivity index (χ1v) is 8.27. The standard InChI is InChI=1S/C15H25N3O2S/c1-11-14(21-12(2)16-11)15(19)18-7-5-6-13(18)10-17(3)8-9-20-4/h13H,5-10H2,1-4H3. The molecule has 0 radical (unpaired) electrons. The molecule has 1 aromatic heterocycles. The number of rotatable bonds is 6. The topological polar surface area (TPSA) is 45.7 Å². The first-order chi connectivity index (χ1) is 10.0. The summed E-state index contributed by atoms with van der Waals surface area (Å²) in [6.07, 6.45) is 2.17. The van der Waals surface area contributed by atoms with Crippen LogP contribution >= 0.6 is 11.3 Å². The molecule has 1 unspecified atom stereocenters. The van der Waals surface area contributed by atoms with Crippen molar-refractivity contribution in [2.45, 2.75) is 32.7 Å². The number of nitrogens with zero attached hydrogens (tertiary/aromatic N) is 3. The Hall–Kier alpha value is -0.980. The molecule has 1 fully saturated rings. The highest BCUT2D eigenvalue weighted by molar-refractivity contribution is 7.13. The van der Waals surface area contributed by atoms with E-state index in [1.54, 1.807) is 7.11 Å². The largest absolute Gasteiger partial charge is 0.383 e. The molecule has 1 saturated heterocycles. The number of carbonyl (C=O) groups excluding carboxylic acids is 1. The molecule has 0 spiro atoms. The molecule has 0 N–H and O–H groups in total. The molecular weight excluding hydrogens is 286 g/mol. The van der Waals surface area contributed by atoms with E-state index < -0.39 is 0 Å². The predicted octanol–water partition coefficient (Wildman–Crippen LogP) is 1.94. The lowest BCUT2D eigenvalue weighted by Crippen LogP contribution is -2.42. The van der Waals surface area contributed by atoms with Gasteiger partial charge in [-0.3, -0.25) is 4.79 Å². The first kappa shape index (κ1) is 16.4. The summed E-state index contributed by atoms with van der Waals surface area (Å²) in [5.74, 6) is 0.153. The van der Waals surface area contributed by atoms with Crippen molar-refractivity contribution in [2.75, 3.05) is 40.4 Å². The van der Waals surface area contributed by atoms with Gasteiger partial charge in [-0.25, -0.2) is 4.98 Å². The zero-order valence-corrected chi connectivity index (χ0v) is 14.2. The van der Waals surface area contributed by atoms with Gasteiger partial charge in [-0.1, -0.05) is 0 Å². The Bertz CT molecular complexity index is 489. The van der Waals surface area contributed by atoms with E-state index in [1.807, 2.05) is 18.7 Å². The molecule has 0 saturated carbocycles. The summed E-state index contributed by atoms with van der Waals surface area (Å²) >= 11 is 1.51. The summed E-state index contributed by atoms with van der Waals surface area (Å²) in [4.78, 5) is 22.2. The monoisotopic (exact) mass is 311 g/mol. The normalized spacial score (nSPS) is 18.7. The maximum atomic E-state index is 12.7. The fourth-order valence-electron chi connectivity index (χ4n) is 2.85. The Balaban J connectivity index is 2.01. The third kappa shape index (κ3) is 4.02. The highest BCUT2D eigenvalue weighted by Crippen LogP contribution is 2.25. The number of hydrogen-bond acceptors (Lipinski definition) is 5. The van der Waals surface area contributed by atoms with Gasteiger partial charge in [0.25, 0.3) is 5.91 Å². The van der Waals surface area contributed by atoms with Gasteiger partial charge in [-0.2, -0.15) is 0 Å². The number of carbonyl (C=O) groups is 1. The van der Waals surface area contributed by atoms with Gasteiger partial charge >= 0.3 is 0 Å². The van der Waals surface area contributed by atoms with Crippen molar-refractivity contribution >= 4 is 17.2 Å². The predicted molar refractivity (Wildman–Crippen MR) is 85.0 cm³/mol. The molecule has 6 heteroatoms. The minimum atomic E-state index is 0.153. The lowest BCUT2D eigenvalue weighted by atomic mass is 10.2. The summed E-state index contributed by atoms with van der Waals surface area (Å²) in [6.45, 7) is 7.27. The van der Waals surface area contributed by atoms with Gasteiger partial charge in [0.2, 0.25) is 0 Å². The third-order valence-corrected chi connectivity index (χ3v) is 5.00. The van der Waals surface area contributed by atoms with Gasteiger partial charge < -0.3 is 14.5 Å². The van der Waals surface area contributed by atoms with Crippen molar-refractivity contribution in [1.82, 2.24) is 14.8 Å². The number of aryl methyl sites for hydroxylation is 2. The fourth-order valence-corrected chi connectivity index (χ4v) is 3.73. The molecule has 0 aliphatic carbocycles. The lowest BCUT2D eigenvalue weighted by Gasteiger charge is -2.28. The Morgan fingerprint density at radius 1 is 1.52 bits per heavy atom. The average molecular weight is 311 g/mol. The molecule has 1 aromatic rings. The van der Waals surface area contributed by atoms with Crippen LogP contribution in [0.4, 0.5) is 0 Å². The second-order valence-electron chi connectivity index (χ2n) is 5.70. The van der Waals surface area contributed by atoms with Gasteiger partial charge in [0, 0.05) is 32.8 Å². The molecule has 21 heavy (non-hydrogen) atoms. The van der Waals surface area contributed by atoms with Gasteiger partial charge in [-0.05, 0) is 33.7 Å². The quantitative estimate of drug-likeness (QED) is 0.805. The van der Waals surface area contributed by atoms with E-state index in [4.69, 9.17) is 4.74 Å². The second-order valence-corrected chi connectivity index (χ2v) is 6.90. The van der Waals surface area contributed by atoms with Crippen LogP contribution in [0.2, 0.25) is 0 Å². The van der Waals surface area contributed by atoms with Crippen molar-refractivity contribution in [2.24, 2.45) is 0 Å². The Morgan fingerprint density at radius 3 is 2.90 bits per heavy atom. The van der Waals surface area contributed by atoms with E-state index in [9.17, 15) is 4.79 Å². The number of likely N-dealkylation sites (N-methyl/N-ethyl adjacent to an activating group) is 1. The van der Waals surface area contributed by atoms with Crippen LogP contribution in [0.3, 0.4) is 0 Å². The maximum absolute atomic E-state index is 12.7. The van der Waals surface area contributed by atoms with Gasteiger partial charge in [0.15, 0.2) is 0 Å². The van der Waals surface area contributed by atoms with Crippen LogP contribution in [0, 0.1) is 13.8 Å². The van der Waals surface area contributed by atoms with Crippen molar-refractivity contribution in [3.05, 3.63) is 15.6 Å². The molecule has 1 atom stereocenters. The van der Waals surface area contributed by atoms with Crippen molar-refractivity contribution in [3.8, 4) is 0 Å². The Labute approximate surface area is 130 Å². The Morgan fingerprint density at radius 2 is 2.29 bits per heavy atom. The van der Waals surface area contributed by atoms with Crippen LogP contribution in [0.15, 0.2) is 0 Å². The maximum Gasteiger partial charge on any atom is 0.266 e. The highest BCUT2D eigenvalue weighted by Gasteiger charge is 2.31. The molecular formula is C15H25N3O2S. The molecule has 1 aliphatic heterocycles. The summed E-state index contributed by atoms with van der Waals surface area (Å²) in [5.41, 5.74) is 0.862.